The summed E-state index contributed by atoms with van der Waals surface area (Å²) in [5, 5.41) is 0.927. The molecule has 0 rings (SSSR count). The smallest absolute Gasteiger partial charge is 0.329 e. The maximum atomic E-state index is 11.0. The van der Waals surface area contributed by atoms with Crippen LogP contribution in [0.25, 0.3) is 0 Å². The van der Waals surface area contributed by atoms with E-state index < -0.39 is 11.1 Å². The minimum atomic E-state index is -1.45. The van der Waals surface area contributed by atoms with Crippen LogP contribution in [0.15, 0.2) is 0 Å². The van der Waals surface area contributed by atoms with E-state index >= 15 is 0 Å². The number of carbonyl (C=O) groups is 1. The molecule has 1 atom stereocenters. The number of amides is 2. The van der Waals surface area contributed by atoms with E-state index in [0.717, 1.165) is 5.06 Å². The van der Waals surface area contributed by atoms with Gasteiger partial charge in [-0.05, 0) is 0 Å². The van der Waals surface area contributed by atoms with E-state index in [-0.39, 0.29) is 6.03 Å². The molecule has 0 aromatic carbocycles. The molecule has 11 heavy (non-hydrogen) atoms. The summed E-state index contributed by atoms with van der Waals surface area (Å²) >= 11 is -1.45. The molecular weight excluding hydrogens is 168 g/mol. The molecule has 0 radical (unpaired) electrons. The van der Waals surface area contributed by atoms with Crippen molar-refractivity contribution in [1.29, 1.82) is 0 Å². The summed E-state index contributed by atoms with van der Waals surface area (Å²) in [6.45, 7) is 0. The van der Waals surface area contributed by atoms with Crippen molar-refractivity contribution in [3.8, 4) is 0 Å². The molecular formula is C5H12N2O3S. The van der Waals surface area contributed by atoms with Crippen LogP contribution in [0.3, 0.4) is 0 Å². The van der Waals surface area contributed by atoms with Crippen molar-refractivity contribution in [2.45, 2.75) is 0 Å². The molecule has 0 N–H and O–H groups in total. The number of hydrogen-bond donors (Lipinski definition) is 0. The van der Waals surface area contributed by atoms with Gasteiger partial charge in [0.15, 0.2) is 11.1 Å². The third kappa shape index (κ3) is 3.94. The second kappa shape index (κ2) is 4.30. The van der Waals surface area contributed by atoms with Gasteiger partial charge in [-0.3, -0.25) is 0 Å². The molecule has 0 aliphatic rings. The van der Waals surface area contributed by atoms with Gasteiger partial charge in [0.05, 0.1) is 0 Å². The van der Waals surface area contributed by atoms with Crippen molar-refractivity contribution in [1.82, 2.24) is 9.96 Å². The van der Waals surface area contributed by atoms with Crippen molar-refractivity contribution in [2.75, 3.05) is 27.4 Å². The Morgan fingerprint density at radius 2 is 1.82 bits per heavy atom. The van der Waals surface area contributed by atoms with E-state index in [1.54, 1.807) is 14.1 Å². The first kappa shape index (κ1) is 10.4. The summed E-state index contributed by atoms with van der Waals surface area (Å²) in [6, 6.07) is -0.347. The SMILES string of the molecule is CN(C)C(=O)N(C)OS(C)=O. The monoisotopic (exact) mass is 180 g/mol. The first-order valence-corrected chi connectivity index (χ1v) is 4.40. The largest absolute Gasteiger partial charge is 0.344 e. The molecule has 6 heteroatoms. The highest BCUT2D eigenvalue weighted by atomic mass is 32.2. The number of urea groups is 1. The average molecular weight is 180 g/mol. The molecule has 66 valence electrons. The van der Waals surface area contributed by atoms with Gasteiger partial charge in [0, 0.05) is 27.4 Å². The Bertz CT molecular complexity index is 171. The summed E-state index contributed by atoms with van der Waals surface area (Å²) in [6.07, 6.45) is 1.35. The molecule has 0 spiro atoms. The van der Waals surface area contributed by atoms with E-state index in [4.69, 9.17) is 0 Å². The van der Waals surface area contributed by atoms with E-state index in [2.05, 4.69) is 4.28 Å². The fourth-order valence-corrected chi connectivity index (χ4v) is 0.850. The second-order valence-corrected chi connectivity index (χ2v) is 3.10. The lowest BCUT2D eigenvalue weighted by atomic mass is 10.8. The first-order valence-electron chi connectivity index (χ1n) is 2.92. The molecule has 0 bridgehead atoms. The molecule has 0 heterocycles. The van der Waals surface area contributed by atoms with E-state index in [1.807, 2.05) is 0 Å². The van der Waals surface area contributed by atoms with Crippen LogP contribution in [-0.4, -0.2) is 47.6 Å². The Morgan fingerprint density at radius 1 is 1.36 bits per heavy atom. The highest BCUT2D eigenvalue weighted by Gasteiger charge is 2.11. The molecule has 0 saturated carbocycles. The van der Waals surface area contributed by atoms with Crippen molar-refractivity contribution < 1.29 is 13.3 Å². The maximum Gasteiger partial charge on any atom is 0.344 e. The quantitative estimate of drug-likeness (QED) is 0.554. The molecule has 1 unspecified atom stereocenters. The lowest BCUT2D eigenvalue weighted by Gasteiger charge is -2.18. The van der Waals surface area contributed by atoms with Gasteiger partial charge in [-0.1, -0.05) is 0 Å². The Hall–Kier alpha value is -0.620. The summed E-state index contributed by atoms with van der Waals surface area (Å²) < 4.78 is 15.0. The minimum Gasteiger partial charge on any atom is -0.329 e. The molecule has 0 aromatic rings. The highest BCUT2D eigenvalue weighted by Crippen LogP contribution is 1.93. The standard InChI is InChI=1S/C5H12N2O3S/c1-6(2)5(8)7(3)10-11(4)9/h1-4H3. The van der Waals surface area contributed by atoms with Crippen LogP contribution < -0.4 is 0 Å². The van der Waals surface area contributed by atoms with E-state index in [0.29, 0.717) is 0 Å². The maximum absolute atomic E-state index is 11.0. The van der Waals surface area contributed by atoms with Crippen LogP contribution in [0.5, 0.6) is 0 Å². The molecule has 0 aliphatic carbocycles. The number of nitrogens with zero attached hydrogens (tertiary/aromatic N) is 2. The Labute approximate surface area is 68.5 Å². The summed E-state index contributed by atoms with van der Waals surface area (Å²) in [4.78, 5) is 12.3. The molecule has 5 nitrogen and oxygen atoms in total. The lowest BCUT2D eigenvalue weighted by Crippen LogP contribution is -2.36. The van der Waals surface area contributed by atoms with Crippen LogP contribution in [0, 0.1) is 0 Å². The Morgan fingerprint density at radius 3 is 2.09 bits per heavy atom. The second-order valence-electron chi connectivity index (χ2n) is 2.15. The number of hydrogen-bond acceptors (Lipinski definition) is 3. The minimum absolute atomic E-state index is 0.347. The normalized spacial score (nSPS) is 12.4. The highest BCUT2D eigenvalue weighted by molar-refractivity contribution is 7.79. The van der Waals surface area contributed by atoms with Crippen molar-refractivity contribution in [3.63, 3.8) is 0 Å². The van der Waals surface area contributed by atoms with Crippen LogP contribution in [-0.2, 0) is 15.4 Å². The predicted octanol–water partition coefficient (Wildman–Crippen LogP) is -0.175. The molecule has 2 amide bonds. The van der Waals surface area contributed by atoms with Crippen LogP contribution >= 0.6 is 0 Å². The lowest BCUT2D eigenvalue weighted by molar-refractivity contribution is 0.0148. The molecule has 0 aliphatic heterocycles. The first-order chi connectivity index (χ1) is 4.95. The van der Waals surface area contributed by atoms with Gasteiger partial charge in [0.2, 0.25) is 0 Å². The third-order valence-electron chi connectivity index (χ3n) is 0.869. The number of carbonyl (C=O) groups excluding carboxylic acids is 1. The molecule has 0 aromatic heterocycles. The van der Waals surface area contributed by atoms with Crippen molar-refractivity contribution in [2.24, 2.45) is 0 Å². The number of hydroxylamine groups is 2. The Kier molecular flexibility index (Phi) is 4.06. The van der Waals surface area contributed by atoms with Gasteiger partial charge in [-0.2, -0.15) is 9.35 Å². The fraction of sp³-hybridized carbons (Fsp3) is 0.800. The van der Waals surface area contributed by atoms with Crippen molar-refractivity contribution in [3.05, 3.63) is 0 Å². The van der Waals surface area contributed by atoms with Crippen LogP contribution in [0.1, 0.15) is 0 Å². The summed E-state index contributed by atoms with van der Waals surface area (Å²) in [5.41, 5.74) is 0. The van der Waals surface area contributed by atoms with Gasteiger partial charge >= 0.3 is 6.03 Å². The fourth-order valence-electron chi connectivity index (χ4n) is 0.471. The molecule has 0 saturated heterocycles. The predicted molar refractivity (Wildman–Crippen MR) is 42.0 cm³/mol. The van der Waals surface area contributed by atoms with Gasteiger partial charge in [0.1, 0.15) is 0 Å². The zero-order chi connectivity index (χ0) is 9.02. The third-order valence-corrected chi connectivity index (χ3v) is 1.30. The number of rotatable bonds is 2. The van der Waals surface area contributed by atoms with Gasteiger partial charge in [-0.25, -0.2) is 9.00 Å². The van der Waals surface area contributed by atoms with Gasteiger partial charge in [0.25, 0.3) is 0 Å². The summed E-state index contributed by atoms with van der Waals surface area (Å²) in [5.74, 6) is 0. The Balaban J connectivity index is 3.93. The topological polar surface area (TPSA) is 49.9 Å². The van der Waals surface area contributed by atoms with Gasteiger partial charge < -0.3 is 4.90 Å². The van der Waals surface area contributed by atoms with Gasteiger partial charge in [-0.15, -0.1) is 0 Å². The van der Waals surface area contributed by atoms with E-state index in [1.165, 1.54) is 18.2 Å². The van der Waals surface area contributed by atoms with E-state index in [9.17, 15) is 9.00 Å². The summed E-state index contributed by atoms with van der Waals surface area (Å²) in [7, 11) is 4.57. The van der Waals surface area contributed by atoms with Crippen LogP contribution in [0.4, 0.5) is 4.79 Å². The van der Waals surface area contributed by atoms with Crippen molar-refractivity contribution >= 4 is 17.1 Å². The zero-order valence-electron chi connectivity index (χ0n) is 7.03. The van der Waals surface area contributed by atoms with Crippen LogP contribution in [0.2, 0.25) is 0 Å². The zero-order valence-corrected chi connectivity index (χ0v) is 7.84. The molecule has 0 fully saturated rings. The average Bonchev–Trinajstić information content (AvgIpc) is 1.84.